The molecule has 0 N–H and O–H groups in total. The van der Waals surface area contributed by atoms with Crippen molar-refractivity contribution in [3.05, 3.63) is 11.6 Å². The molecule has 2 spiro atoms. The zero-order valence-corrected chi connectivity index (χ0v) is 24.1. The molecule has 0 radical (unpaired) electrons. The lowest BCUT2D eigenvalue weighted by Gasteiger charge is -2.44. The van der Waals surface area contributed by atoms with Gasteiger partial charge in [0.25, 0.3) is 0 Å². The lowest BCUT2D eigenvalue weighted by Crippen LogP contribution is -2.52. The minimum Gasteiger partial charge on any atom is -0.369 e. The van der Waals surface area contributed by atoms with E-state index in [4.69, 9.17) is 9.47 Å². The second-order valence-electron chi connectivity index (χ2n) is 13.7. The van der Waals surface area contributed by atoms with Crippen LogP contribution in [0.4, 0.5) is 0 Å². The summed E-state index contributed by atoms with van der Waals surface area (Å²) >= 11 is 0. The molecule has 0 saturated carbocycles. The number of allylic oxidation sites excluding steroid dienone is 2. The van der Waals surface area contributed by atoms with E-state index in [0.717, 1.165) is 25.0 Å². The molecule has 0 aromatic rings. The average molecular weight is 502 g/mol. The maximum atomic E-state index is 6.39. The topological polar surface area (TPSA) is 34.8 Å². The van der Waals surface area contributed by atoms with Crippen LogP contribution in [0.25, 0.3) is 0 Å². The highest BCUT2D eigenvalue weighted by atomic mass is 16.6. The smallest absolute Gasteiger partial charge is 0.100 e. The number of epoxide rings is 2. The molecular weight excluding hydrogens is 446 g/mol. The average Bonchev–Trinajstić information content (AvgIpc) is 3.75. The summed E-state index contributed by atoms with van der Waals surface area (Å²) in [6.45, 7) is 18.1. The zero-order valence-electron chi connectivity index (χ0n) is 24.1. The number of hydrogen-bond donors (Lipinski definition) is 0. The van der Waals surface area contributed by atoms with Crippen LogP contribution in [0.5, 0.6) is 0 Å². The highest BCUT2D eigenvalue weighted by Gasteiger charge is 2.60. The first-order chi connectivity index (χ1) is 17.3. The van der Waals surface area contributed by atoms with Crippen LogP contribution < -0.4 is 0 Å². The molecule has 206 valence electrons. The summed E-state index contributed by atoms with van der Waals surface area (Å²) in [6, 6.07) is 0. The Hall–Kier alpha value is -0.460. The fourth-order valence-electron chi connectivity index (χ4n) is 8.25. The summed E-state index contributed by atoms with van der Waals surface area (Å²) in [5, 5.41) is 0. The van der Waals surface area contributed by atoms with Crippen LogP contribution in [0, 0.1) is 29.6 Å². The minimum atomic E-state index is 0.157. The van der Waals surface area contributed by atoms with Crippen molar-refractivity contribution in [3.63, 3.8) is 0 Å². The van der Waals surface area contributed by atoms with Crippen molar-refractivity contribution in [2.24, 2.45) is 29.6 Å². The number of likely N-dealkylation sites (tertiary alicyclic amines) is 3. The number of hydrogen-bond acceptors (Lipinski definition) is 5. The number of piperidine rings is 2. The van der Waals surface area contributed by atoms with Crippen LogP contribution in [0.2, 0.25) is 0 Å². The van der Waals surface area contributed by atoms with E-state index >= 15 is 0 Å². The van der Waals surface area contributed by atoms with Gasteiger partial charge < -0.3 is 24.2 Å². The molecule has 5 heterocycles. The maximum Gasteiger partial charge on any atom is 0.100 e. The summed E-state index contributed by atoms with van der Waals surface area (Å²) in [6.07, 6.45) is 13.0. The summed E-state index contributed by atoms with van der Waals surface area (Å²) in [5.74, 6) is 3.50. The first-order valence-corrected chi connectivity index (χ1v) is 15.3. The van der Waals surface area contributed by atoms with E-state index in [1.807, 2.05) is 0 Å². The fourth-order valence-corrected chi connectivity index (χ4v) is 8.25. The molecule has 0 aliphatic carbocycles. The quantitative estimate of drug-likeness (QED) is 0.297. The third kappa shape index (κ3) is 6.06. The number of rotatable bonds is 11. The second kappa shape index (κ2) is 11.3. The monoisotopic (exact) mass is 501 g/mol. The van der Waals surface area contributed by atoms with E-state index in [1.54, 1.807) is 5.57 Å². The van der Waals surface area contributed by atoms with Gasteiger partial charge in [-0.15, -0.1) is 0 Å². The summed E-state index contributed by atoms with van der Waals surface area (Å²) in [7, 11) is 4.61. The van der Waals surface area contributed by atoms with Crippen molar-refractivity contribution in [1.82, 2.24) is 14.7 Å². The molecule has 7 atom stereocenters. The van der Waals surface area contributed by atoms with Crippen molar-refractivity contribution in [1.29, 1.82) is 0 Å². The van der Waals surface area contributed by atoms with Gasteiger partial charge in [0.15, 0.2) is 0 Å². The highest BCUT2D eigenvalue weighted by molar-refractivity contribution is 5.13. The van der Waals surface area contributed by atoms with Crippen molar-refractivity contribution < 1.29 is 9.47 Å². The van der Waals surface area contributed by atoms with E-state index in [1.165, 1.54) is 97.2 Å². The third-order valence-electron chi connectivity index (χ3n) is 10.8. The van der Waals surface area contributed by atoms with Crippen LogP contribution in [-0.2, 0) is 9.47 Å². The van der Waals surface area contributed by atoms with Crippen LogP contribution in [-0.4, -0.2) is 99.0 Å². The Balaban J connectivity index is 1.11. The molecule has 5 aliphatic heterocycles. The molecule has 0 amide bonds. The van der Waals surface area contributed by atoms with E-state index in [-0.39, 0.29) is 11.2 Å². The van der Waals surface area contributed by atoms with Gasteiger partial charge in [0.2, 0.25) is 0 Å². The summed E-state index contributed by atoms with van der Waals surface area (Å²) in [5.41, 5.74) is 1.97. The normalized spacial score (nSPS) is 39.7. The molecule has 5 nitrogen and oxygen atoms in total. The molecule has 36 heavy (non-hydrogen) atoms. The summed E-state index contributed by atoms with van der Waals surface area (Å²) < 4.78 is 12.4. The van der Waals surface area contributed by atoms with Crippen LogP contribution in [0.15, 0.2) is 11.6 Å². The van der Waals surface area contributed by atoms with Gasteiger partial charge >= 0.3 is 0 Å². The molecule has 5 rings (SSSR count). The standard InChI is InChI=1S/C31H55N3O2/c1-24(10-8-11-25(2)28-20-32(4)17-13-30(28)22-35-30)18-27-19-33(5)21-29(31(27)23-36-31)26(3)12-9-16-34-14-6-7-15-34/h10,25-29H,6-9,11-23H2,1-5H3. The van der Waals surface area contributed by atoms with Gasteiger partial charge in [-0.1, -0.05) is 25.5 Å². The van der Waals surface area contributed by atoms with E-state index in [9.17, 15) is 0 Å². The van der Waals surface area contributed by atoms with Gasteiger partial charge in [0.05, 0.1) is 18.8 Å². The van der Waals surface area contributed by atoms with Crippen molar-refractivity contribution >= 4 is 0 Å². The van der Waals surface area contributed by atoms with Crippen LogP contribution >= 0.6 is 0 Å². The van der Waals surface area contributed by atoms with E-state index in [2.05, 4.69) is 55.6 Å². The fraction of sp³-hybridized carbons (Fsp3) is 0.935. The van der Waals surface area contributed by atoms with Gasteiger partial charge in [-0.3, -0.25) is 0 Å². The minimum absolute atomic E-state index is 0.157. The largest absolute Gasteiger partial charge is 0.369 e. The second-order valence-corrected chi connectivity index (χ2v) is 13.7. The number of nitrogens with zero attached hydrogens (tertiary/aromatic N) is 3. The Kier molecular flexibility index (Phi) is 8.54. The van der Waals surface area contributed by atoms with Crippen LogP contribution in [0.1, 0.15) is 72.1 Å². The van der Waals surface area contributed by atoms with Crippen molar-refractivity contribution in [2.45, 2.75) is 83.3 Å². The predicted molar refractivity (Wildman–Crippen MR) is 148 cm³/mol. The van der Waals surface area contributed by atoms with Gasteiger partial charge in [-0.05, 0) is 104 Å². The lowest BCUT2D eigenvalue weighted by molar-refractivity contribution is 0.0139. The highest BCUT2D eigenvalue weighted by Crippen LogP contribution is 2.51. The maximum absolute atomic E-state index is 6.39. The molecule has 5 saturated heterocycles. The molecule has 5 aliphatic rings. The molecule has 0 aromatic carbocycles. The lowest BCUT2D eigenvalue weighted by atomic mass is 9.69. The van der Waals surface area contributed by atoms with E-state index < -0.39 is 0 Å². The van der Waals surface area contributed by atoms with Gasteiger partial charge in [0.1, 0.15) is 5.60 Å². The van der Waals surface area contributed by atoms with Gasteiger partial charge in [-0.2, -0.15) is 0 Å². The van der Waals surface area contributed by atoms with Crippen molar-refractivity contribution in [3.8, 4) is 0 Å². The first kappa shape index (κ1) is 27.1. The first-order valence-electron chi connectivity index (χ1n) is 15.3. The molecule has 5 heteroatoms. The Bertz CT molecular complexity index is 755. The predicted octanol–water partition coefficient (Wildman–Crippen LogP) is 4.92. The number of ether oxygens (including phenoxy) is 2. The summed E-state index contributed by atoms with van der Waals surface area (Å²) in [4.78, 5) is 7.78. The Morgan fingerprint density at radius 1 is 0.917 bits per heavy atom. The molecule has 0 bridgehead atoms. The van der Waals surface area contributed by atoms with Gasteiger partial charge in [0, 0.05) is 43.9 Å². The van der Waals surface area contributed by atoms with Crippen molar-refractivity contribution in [2.75, 3.05) is 73.1 Å². The Morgan fingerprint density at radius 2 is 1.61 bits per heavy atom. The van der Waals surface area contributed by atoms with E-state index in [0.29, 0.717) is 17.8 Å². The third-order valence-corrected chi connectivity index (χ3v) is 10.8. The SMILES string of the molecule is CC(=CCCC(C)C1CN(C)CCC12CO2)CC1CN(C)CC(C(C)CCCN2CCCC2)C12CO2. The Labute approximate surface area is 221 Å². The van der Waals surface area contributed by atoms with Crippen LogP contribution in [0.3, 0.4) is 0 Å². The van der Waals surface area contributed by atoms with Gasteiger partial charge in [-0.25, -0.2) is 0 Å². The molecule has 5 fully saturated rings. The Morgan fingerprint density at radius 3 is 2.31 bits per heavy atom. The molecular formula is C31H55N3O2. The zero-order chi connectivity index (χ0) is 25.3. The molecule has 0 aromatic heterocycles. The molecule has 7 unspecified atom stereocenters.